The van der Waals surface area contributed by atoms with Gasteiger partial charge >= 0.3 is 0 Å². The monoisotopic (exact) mass is 320 g/mol. The van der Waals surface area contributed by atoms with Gasteiger partial charge in [0.1, 0.15) is 0 Å². The van der Waals surface area contributed by atoms with E-state index >= 15 is 0 Å². The van der Waals surface area contributed by atoms with Crippen LogP contribution in [0.3, 0.4) is 0 Å². The van der Waals surface area contributed by atoms with E-state index in [1.807, 2.05) is 13.8 Å². The average molecular weight is 321 g/mol. The van der Waals surface area contributed by atoms with Gasteiger partial charge in [0.2, 0.25) is 0 Å². The molecule has 0 heterocycles. The summed E-state index contributed by atoms with van der Waals surface area (Å²) in [7, 11) is -0.0346. The Bertz CT molecular complexity index is 276. The lowest BCUT2D eigenvalue weighted by Crippen LogP contribution is -2.44. The molecule has 128 valence electrons. The number of hydrogen-bond acceptors (Lipinski definition) is 4. The van der Waals surface area contributed by atoms with Crippen molar-refractivity contribution in [2.75, 3.05) is 26.9 Å². The van der Waals surface area contributed by atoms with Crippen molar-refractivity contribution in [3.63, 3.8) is 0 Å². The summed E-state index contributed by atoms with van der Waals surface area (Å²) >= 11 is 0. The summed E-state index contributed by atoms with van der Waals surface area (Å²) in [5.41, 5.74) is 0. The smallest absolute Gasteiger partial charge is 0.192 e. The lowest BCUT2D eigenvalue weighted by Gasteiger charge is -2.38. The van der Waals surface area contributed by atoms with Crippen LogP contribution in [0.15, 0.2) is 0 Å². The Morgan fingerprint density at radius 2 is 1.24 bits per heavy atom. The van der Waals surface area contributed by atoms with Gasteiger partial charge in [-0.3, -0.25) is 0 Å². The quantitative estimate of drug-likeness (QED) is 0.573. The largest absolute Gasteiger partial charge is 0.412 e. The van der Waals surface area contributed by atoms with Crippen molar-refractivity contribution < 1.29 is 18.6 Å². The molecule has 0 saturated carbocycles. The fraction of sp³-hybridized carbons (Fsp3) is 1.00. The first-order valence-corrected chi connectivity index (χ1v) is 10.8. The van der Waals surface area contributed by atoms with Crippen molar-refractivity contribution in [2.24, 2.45) is 0 Å². The molecule has 21 heavy (non-hydrogen) atoms. The summed E-state index contributed by atoms with van der Waals surface area (Å²) < 4.78 is 22.8. The first kappa shape index (κ1) is 21.1. The highest BCUT2D eigenvalue weighted by Gasteiger charge is 2.38. The minimum absolute atomic E-state index is 0.0646. The lowest BCUT2D eigenvalue weighted by molar-refractivity contribution is -0.0643. The zero-order chi connectivity index (χ0) is 16.7. The summed E-state index contributed by atoms with van der Waals surface area (Å²) in [4.78, 5) is 0. The van der Waals surface area contributed by atoms with Crippen LogP contribution in [0, 0.1) is 0 Å². The van der Waals surface area contributed by atoms with Crippen LogP contribution < -0.4 is 0 Å². The Kier molecular flexibility index (Phi) is 9.28. The van der Waals surface area contributed by atoms with Crippen LogP contribution in [-0.4, -0.2) is 53.6 Å². The van der Waals surface area contributed by atoms with E-state index in [4.69, 9.17) is 18.6 Å². The van der Waals surface area contributed by atoms with Gasteiger partial charge in [0.25, 0.3) is 0 Å². The third kappa shape index (κ3) is 8.93. The molecule has 0 rings (SSSR count). The van der Waals surface area contributed by atoms with E-state index in [9.17, 15) is 0 Å². The molecule has 0 aromatic carbocycles. The highest BCUT2D eigenvalue weighted by atomic mass is 28.4. The van der Waals surface area contributed by atoms with Crippen molar-refractivity contribution in [2.45, 2.75) is 78.0 Å². The Morgan fingerprint density at radius 1 is 0.810 bits per heavy atom. The third-order valence-electron chi connectivity index (χ3n) is 3.93. The van der Waals surface area contributed by atoms with Crippen LogP contribution in [0.25, 0.3) is 0 Å². The topological polar surface area (TPSA) is 36.9 Å². The van der Waals surface area contributed by atoms with E-state index in [0.29, 0.717) is 19.8 Å². The molecule has 5 heteroatoms. The van der Waals surface area contributed by atoms with Crippen LogP contribution in [-0.2, 0) is 18.6 Å². The average Bonchev–Trinajstić information content (AvgIpc) is 2.32. The normalized spacial score (nSPS) is 17.6. The molecule has 0 aliphatic rings. The first-order chi connectivity index (χ1) is 9.49. The third-order valence-corrected chi connectivity index (χ3v) is 8.54. The molecule has 0 spiro atoms. The van der Waals surface area contributed by atoms with Crippen molar-refractivity contribution in [1.29, 1.82) is 0 Å². The number of hydrogen-bond donors (Lipinski definition) is 0. The summed E-state index contributed by atoms with van der Waals surface area (Å²) in [6.45, 7) is 19.2. The van der Waals surface area contributed by atoms with Gasteiger partial charge in [0, 0.05) is 7.11 Å². The second-order valence-corrected chi connectivity index (χ2v) is 12.2. The molecule has 0 aromatic heterocycles. The van der Waals surface area contributed by atoms with Gasteiger partial charge in [-0.1, -0.05) is 20.8 Å². The van der Waals surface area contributed by atoms with Gasteiger partial charge in [0.15, 0.2) is 8.32 Å². The summed E-state index contributed by atoms with van der Waals surface area (Å²) in [5, 5.41) is 0.228. The van der Waals surface area contributed by atoms with Crippen LogP contribution in [0.2, 0.25) is 18.1 Å². The van der Waals surface area contributed by atoms with Gasteiger partial charge in [0.05, 0.1) is 38.1 Å². The molecule has 0 saturated heterocycles. The van der Waals surface area contributed by atoms with E-state index in [-0.39, 0.29) is 23.4 Å². The number of ether oxygens (including phenoxy) is 3. The van der Waals surface area contributed by atoms with Crippen LogP contribution in [0.4, 0.5) is 0 Å². The second-order valence-electron chi connectivity index (χ2n) is 7.43. The van der Waals surface area contributed by atoms with Gasteiger partial charge < -0.3 is 18.6 Å². The minimum Gasteiger partial charge on any atom is -0.412 e. The van der Waals surface area contributed by atoms with Gasteiger partial charge in [-0.05, 0) is 38.9 Å². The Morgan fingerprint density at radius 3 is 1.67 bits per heavy atom. The standard InChI is InChI=1S/C16H36O4Si/c1-13(10-17-7)18-11-14(2)19-12-15(3)20-21(8,9)16(4,5)6/h13-15H,10-12H2,1-9H3. The van der Waals surface area contributed by atoms with E-state index in [2.05, 4.69) is 40.8 Å². The molecule has 0 bridgehead atoms. The van der Waals surface area contributed by atoms with Crippen molar-refractivity contribution in [1.82, 2.24) is 0 Å². The summed E-state index contributed by atoms with van der Waals surface area (Å²) in [6, 6.07) is 0. The molecule has 0 fully saturated rings. The first-order valence-electron chi connectivity index (χ1n) is 7.89. The lowest BCUT2D eigenvalue weighted by atomic mass is 10.2. The van der Waals surface area contributed by atoms with Gasteiger partial charge in [-0.2, -0.15) is 0 Å². The van der Waals surface area contributed by atoms with Crippen molar-refractivity contribution in [3.05, 3.63) is 0 Å². The minimum atomic E-state index is -1.71. The molecule has 0 amide bonds. The predicted octanol–water partition coefficient (Wildman–Crippen LogP) is 3.85. The van der Waals surface area contributed by atoms with E-state index in [1.54, 1.807) is 7.11 Å². The Labute approximate surface area is 132 Å². The molecule has 3 atom stereocenters. The Hall–Kier alpha value is 0.0569. The number of methoxy groups -OCH3 is 1. The molecule has 0 radical (unpaired) electrons. The second kappa shape index (κ2) is 9.25. The Balaban J connectivity index is 4.00. The molecular formula is C16H36O4Si. The predicted molar refractivity (Wildman–Crippen MR) is 90.4 cm³/mol. The summed E-state index contributed by atoms with van der Waals surface area (Å²) in [5.74, 6) is 0. The fourth-order valence-corrected chi connectivity index (χ4v) is 3.07. The SMILES string of the molecule is COCC(C)OCC(C)OCC(C)O[Si](C)(C)C(C)(C)C. The van der Waals surface area contributed by atoms with E-state index in [1.165, 1.54) is 0 Å². The van der Waals surface area contributed by atoms with E-state index in [0.717, 1.165) is 0 Å². The maximum atomic E-state index is 6.27. The highest BCUT2D eigenvalue weighted by Crippen LogP contribution is 2.37. The zero-order valence-corrected chi connectivity index (χ0v) is 16.5. The molecule has 0 aliphatic carbocycles. The van der Waals surface area contributed by atoms with Gasteiger partial charge in [-0.25, -0.2) is 0 Å². The molecule has 0 aliphatic heterocycles. The molecular weight excluding hydrogens is 284 g/mol. The number of rotatable bonds is 10. The molecule has 3 unspecified atom stereocenters. The highest BCUT2D eigenvalue weighted by molar-refractivity contribution is 6.74. The summed E-state index contributed by atoms with van der Waals surface area (Å²) in [6.07, 6.45) is 0.279. The van der Waals surface area contributed by atoms with Crippen LogP contribution >= 0.6 is 0 Å². The van der Waals surface area contributed by atoms with E-state index < -0.39 is 8.32 Å². The molecule has 0 aromatic rings. The maximum Gasteiger partial charge on any atom is 0.192 e. The zero-order valence-electron chi connectivity index (χ0n) is 15.5. The molecule has 0 N–H and O–H groups in total. The van der Waals surface area contributed by atoms with Crippen LogP contribution in [0.1, 0.15) is 41.5 Å². The van der Waals surface area contributed by atoms with Crippen molar-refractivity contribution in [3.8, 4) is 0 Å². The van der Waals surface area contributed by atoms with Gasteiger partial charge in [-0.15, -0.1) is 0 Å². The molecule has 4 nitrogen and oxygen atoms in total. The van der Waals surface area contributed by atoms with Crippen molar-refractivity contribution >= 4 is 8.32 Å². The van der Waals surface area contributed by atoms with Crippen LogP contribution in [0.5, 0.6) is 0 Å². The maximum absolute atomic E-state index is 6.27. The fourth-order valence-electron chi connectivity index (χ4n) is 1.64.